The summed E-state index contributed by atoms with van der Waals surface area (Å²) in [4.78, 5) is 28.8. The largest absolute Gasteiger partial charge is 0.507 e. The van der Waals surface area contributed by atoms with Crippen molar-refractivity contribution in [1.29, 1.82) is 0 Å². The van der Waals surface area contributed by atoms with Crippen LogP contribution in [0.2, 0.25) is 5.02 Å². The number of carbonyl (C=O) groups is 2. The molecule has 2 aliphatic heterocycles. The number of amides is 1. The highest BCUT2D eigenvalue weighted by molar-refractivity contribution is 6.46. The molecule has 2 aliphatic rings. The zero-order valence-corrected chi connectivity index (χ0v) is 18.2. The summed E-state index contributed by atoms with van der Waals surface area (Å²) in [7, 11) is 0. The molecule has 31 heavy (non-hydrogen) atoms. The zero-order chi connectivity index (χ0) is 22.0. The minimum Gasteiger partial charge on any atom is -0.507 e. The van der Waals surface area contributed by atoms with Crippen molar-refractivity contribution in [1.82, 2.24) is 4.90 Å². The van der Waals surface area contributed by atoms with Gasteiger partial charge in [-0.3, -0.25) is 9.59 Å². The molecular formula is C23H26ClN2O5+. The first-order chi connectivity index (χ1) is 15.0. The number of ether oxygens (including phenoxy) is 1. The number of rotatable bonds is 6. The highest BCUT2D eigenvalue weighted by Gasteiger charge is 2.47. The molecule has 2 aromatic rings. The highest BCUT2D eigenvalue weighted by atomic mass is 35.5. The average molecular weight is 446 g/mol. The van der Waals surface area contributed by atoms with E-state index in [4.69, 9.17) is 20.8 Å². The molecule has 2 fully saturated rings. The third-order valence-corrected chi connectivity index (χ3v) is 6.07. The molecule has 4 rings (SSSR count). The molecule has 1 amide bonds. The number of nitrogens with zero attached hydrogens (tertiary/aromatic N) is 1. The molecule has 0 radical (unpaired) electrons. The second-order valence-electron chi connectivity index (χ2n) is 7.91. The smallest absolute Gasteiger partial charge is 0.295 e. The molecule has 7 nitrogen and oxygen atoms in total. The third-order valence-electron chi connectivity index (χ3n) is 5.82. The second-order valence-corrected chi connectivity index (χ2v) is 8.35. The topological polar surface area (TPSA) is 84.4 Å². The Kier molecular flexibility index (Phi) is 6.46. The molecule has 1 atom stereocenters. The van der Waals surface area contributed by atoms with Gasteiger partial charge in [-0.05, 0) is 43.3 Å². The van der Waals surface area contributed by atoms with Crippen LogP contribution < -0.4 is 4.90 Å². The fraction of sp³-hybridized carbons (Fsp3) is 0.391. The lowest BCUT2D eigenvalue weighted by molar-refractivity contribution is -0.908. The zero-order valence-electron chi connectivity index (χ0n) is 17.4. The van der Waals surface area contributed by atoms with Crippen LogP contribution in [0.5, 0.6) is 0 Å². The van der Waals surface area contributed by atoms with Crippen molar-refractivity contribution in [3.05, 3.63) is 64.1 Å². The first-order valence-electron chi connectivity index (χ1n) is 10.5. The van der Waals surface area contributed by atoms with Crippen LogP contribution >= 0.6 is 11.6 Å². The van der Waals surface area contributed by atoms with E-state index in [-0.39, 0.29) is 11.3 Å². The van der Waals surface area contributed by atoms with Crippen molar-refractivity contribution in [2.45, 2.75) is 19.4 Å². The number of aliphatic hydroxyl groups is 1. The van der Waals surface area contributed by atoms with E-state index < -0.39 is 17.7 Å². The van der Waals surface area contributed by atoms with E-state index in [1.54, 1.807) is 43.3 Å². The van der Waals surface area contributed by atoms with Gasteiger partial charge in [-0.15, -0.1) is 0 Å². The molecule has 0 bridgehead atoms. The van der Waals surface area contributed by atoms with E-state index in [0.29, 0.717) is 28.7 Å². The Labute approximate surface area is 185 Å². The minimum absolute atomic E-state index is 0.0420. The van der Waals surface area contributed by atoms with Crippen LogP contribution in [0.3, 0.4) is 0 Å². The van der Waals surface area contributed by atoms with Crippen LogP contribution in [-0.2, 0) is 14.3 Å². The molecule has 0 spiro atoms. The maximum atomic E-state index is 13.0. The Morgan fingerprint density at radius 3 is 2.52 bits per heavy atom. The normalized spacial score (nSPS) is 21.7. The van der Waals surface area contributed by atoms with E-state index in [1.807, 2.05) is 0 Å². The van der Waals surface area contributed by atoms with Crippen molar-refractivity contribution in [2.24, 2.45) is 0 Å². The van der Waals surface area contributed by atoms with Crippen LogP contribution in [0.4, 0.5) is 0 Å². The van der Waals surface area contributed by atoms with E-state index in [0.717, 1.165) is 39.3 Å². The maximum Gasteiger partial charge on any atom is 0.295 e. The van der Waals surface area contributed by atoms with E-state index in [2.05, 4.69) is 0 Å². The Bertz CT molecular complexity index is 992. The monoisotopic (exact) mass is 445 g/mol. The number of ketones is 1. The summed E-state index contributed by atoms with van der Waals surface area (Å²) in [5.41, 5.74) is 0.467. The number of Topliss-reactive ketones (excluding diaryl/α,β-unsaturated/α-hetero) is 1. The van der Waals surface area contributed by atoms with E-state index >= 15 is 0 Å². The number of quaternary nitrogens is 1. The SMILES string of the molecule is Cc1ccc([C@H]2C(=C(O)c3ccc(Cl)cc3)C(=O)C(=O)N2CCC[NH+]2CCOCC2)o1. The number of hydrogen-bond donors (Lipinski definition) is 2. The van der Waals surface area contributed by atoms with Crippen LogP contribution in [0.1, 0.15) is 29.5 Å². The van der Waals surface area contributed by atoms with Crippen molar-refractivity contribution < 1.29 is 28.7 Å². The summed E-state index contributed by atoms with van der Waals surface area (Å²) >= 11 is 5.95. The van der Waals surface area contributed by atoms with Gasteiger partial charge in [0.2, 0.25) is 0 Å². The molecule has 2 saturated heterocycles. The van der Waals surface area contributed by atoms with Crippen LogP contribution in [0.25, 0.3) is 5.76 Å². The van der Waals surface area contributed by atoms with E-state index in [1.165, 1.54) is 9.80 Å². The van der Waals surface area contributed by atoms with Gasteiger partial charge in [-0.2, -0.15) is 0 Å². The Morgan fingerprint density at radius 1 is 1.16 bits per heavy atom. The summed E-state index contributed by atoms with van der Waals surface area (Å²) < 4.78 is 11.2. The van der Waals surface area contributed by atoms with Gasteiger partial charge in [0.1, 0.15) is 36.4 Å². The Balaban J connectivity index is 1.64. The van der Waals surface area contributed by atoms with Gasteiger partial charge in [0.05, 0.1) is 25.3 Å². The van der Waals surface area contributed by atoms with Gasteiger partial charge in [-0.1, -0.05) is 11.6 Å². The number of morpholine rings is 1. The van der Waals surface area contributed by atoms with Gasteiger partial charge in [0, 0.05) is 23.6 Å². The first kappa shape index (κ1) is 21.6. The predicted octanol–water partition coefficient (Wildman–Crippen LogP) is 1.97. The lowest BCUT2D eigenvalue weighted by Gasteiger charge is -2.26. The third kappa shape index (κ3) is 4.54. The number of hydrogen-bond acceptors (Lipinski definition) is 5. The molecule has 164 valence electrons. The molecule has 2 N–H and O–H groups in total. The van der Waals surface area contributed by atoms with Crippen LogP contribution in [0, 0.1) is 6.92 Å². The van der Waals surface area contributed by atoms with Crippen LogP contribution in [0.15, 0.2) is 46.4 Å². The van der Waals surface area contributed by atoms with Gasteiger partial charge in [0.25, 0.3) is 11.7 Å². The number of nitrogens with one attached hydrogen (secondary N) is 1. The molecule has 0 aliphatic carbocycles. The fourth-order valence-corrected chi connectivity index (χ4v) is 4.31. The first-order valence-corrected chi connectivity index (χ1v) is 10.9. The predicted molar refractivity (Wildman–Crippen MR) is 115 cm³/mol. The maximum absolute atomic E-state index is 13.0. The summed E-state index contributed by atoms with van der Waals surface area (Å²) in [6.07, 6.45) is 0.736. The highest BCUT2D eigenvalue weighted by Crippen LogP contribution is 2.40. The Hall–Kier alpha value is -2.61. The summed E-state index contributed by atoms with van der Waals surface area (Å²) in [5.74, 6) is -0.414. The van der Waals surface area contributed by atoms with Crippen molar-refractivity contribution >= 4 is 29.1 Å². The lowest BCUT2D eigenvalue weighted by Crippen LogP contribution is -3.14. The van der Waals surface area contributed by atoms with Crippen molar-refractivity contribution in [2.75, 3.05) is 39.4 Å². The van der Waals surface area contributed by atoms with Crippen molar-refractivity contribution in [3.63, 3.8) is 0 Å². The number of aryl methyl sites for hydroxylation is 1. The second kappa shape index (κ2) is 9.26. The molecule has 8 heteroatoms. The van der Waals surface area contributed by atoms with E-state index in [9.17, 15) is 14.7 Å². The molecule has 1 aromatic carbocycles. The number of halogens is 1. The quantitative estimate of drug-likeness (QED) is 0.403. The standard InChI is InChI=1S/C23H25ClN2O5/c1-15-3-8-18(31-15)20-19(21(27)16-4-6-17(24)7-5-16)22(28)23(29)26(20)10-2-9-25-11-13-30-14-12-25/h3-8,20,27H,2,9-14H2,1H3/p+1/t20-/m0/s1. The number of furan rings is 1. The van der Waals surface area contributed by atoms with Gasteiger partial charge >= 0.3 is 0 Å². The van der Waals surface area contributed by atoms with Crippen molar-refractivity contribution in [3.8, 4) is 0 Å². The molecular weight excluding hydrogens is 420 g/mol. The van der Waals surface area contributed by atoms with Crippen LogP contribution in [-0.4, -0.2) is 61.1 Å². The Morgan fingerprint density at radius 2 is 1.87 bits per heavy atom. The molecule has 0 unspecified atom stereocenters. The number of carbonyl (C=O) groups excluding carboxylic acids is 2. The molecule has 3 heterocycles. The summed E-state index contributed by atoms with van der Waals surface area (Å²) in [6, 6.07) is 9.28. The van der Waals surface area contributed by atoms with Gasteiger partial charge in [-0.25, -0.2) is 0 Å². The average Bonchev–Trinajstić information content (AvgIpc) is 3.30. The summed E-state index contributed by atoms with van der Waals surface area (Å²) in [6.45, 7) is 6.45. The summed E-state index contributed by atoms with van der Waals surface area (Å²) in [5, 5.41) is 11.5. The fourth-order valence-electron chi connectivity index (χ4n) is 4.18. The number of benzene rings is 1. The van der Waals surface area contributed by atoms with Gasteiger partial charge < -0.3 is 24.1 Å². The molecule has 1 aromatic heterocycles. The number of likely N-dealkylation sites (tertiary alicyclic amines) is 1. The lowest BCUT2D eigenvalue weighted by atomic mass is 9.99. The van der Waals surface area contributed by atoms with Gasteiger partial charge in [0.15, 0.2) is 0 Å². The molecule has 0 saturated carbocycles. The number of aliphatic hydroxyl groups excluding tert-OH is 1. The minimum atomic E-state index is -0.760.